The van der Waals surface area contributed by atoms with Crippen LogP contribution >= 0.6 is 0 Å². The van der Waals surface area contributed by atoms with E-state index in [9.17, 15) is 9.59 Å². The van der Waals surface area contributed by atoms with Crippen molar-refractivity contribution >= 4 is 11.9 Å². The summed E-state index contributed by atoms with van der Waals surface area (Å²) in [6, 6.07) is 0. The topological polar surface area (TPSA) is 52.6 Å². The van der Waals surface area contributed by atoms with Gasteiger partial charge in [-0.25, -0.2) is 9.59 Å². The van der Waals surface area contributed by atoms with E-state index in [1.54, 1.807) is 13.8 Å². The molecule has 0 N–H and O–H groups in total. The van der Waals surface area contributed by atoms with Crippen molar-refractivity contribution in [2.24, 2.45) is 0 Å². The lowest BCUT2D eigenvalue weighted by molar-refractivity contribution is -0.146. The average Bonchev–Trinajstić information content (AvgIpc) is 3.01. The summed E-state index contributed by atoms with van der Waals surface area (Å²) >= 11 is 0. The molecular formula is C19H30O4. The zero-order chi connectivity index (χ0) is 17.2. The highest BCUT2D eigenvalue weighted by Gasteiger charge is 2.19. The van der Waals surface area contributed by atoms with Crippen molar-refractivity contribution in [1.29, 1.82) is 0 Å². The lowest BCUT2D eigenvalue weighted by Crippen LogP contribution is -2.20. The number of carbonyl (C=O) groups excluding carboxylic acids is 2. The third-order valence-electron chi connectivity index (χ3n) is 4.10. The van der Waals surface area contributed by atoms with Crippen LogP contribution in [0.25, 0.3) is 0 Å². The van der Waals surface area contributed by atoms with Crippen molar-refractivity contribution in [1.82, 2.24) is 0 Å². The van der Waals surface area contributed by atoms with Gasteiger partial charge in [-0.15, -0.1) is 0 Å². The molecule has 2 aliphatic rings. The minimum Gasteiger partial charge on any atom is -0.459 e. The van der Waals surface area contributed by atoms with Gasteiger partial charge in [0.1, 0.15) is 12.2 Å². The van der Waals surface area contributed by atoms with Crippen molar-refractivity contribution in [2.75, 3.05) is 0 Å². The summed E-state index contributed by atoms with van der Waals surface area (Å²) in [5, 5.41) is 0. The van der Waals surface area contributed by atoms with Gasteiger partial charge in [0.25, 0.3) is 0 Å². The number of esters is 2. The summed E-state index contributed by atoms with van der Waals surface area (Å²) < 4.78 is 10.3. The van der Waals surface area contributed by atoms with E-state index in [-0.39, 0.29) is 24.1 Å². The normalized spacial score (nSPS) is 18.5. The van der Waals surface area contributed by atoms with Gasteiger partial charge in [-0.2, -0.15) is 0 Å². The molecule has 2 aliphatic carbocycles. The first-order valence-corrected chi connectivity index (χ1v) is 8.63. The molecule has 0 atom stereocenters. The first-order chi connectivity index (χ1) is 10.9. The van der Waals surface area contributed by atoms with Crippen LogP contribution in [0.15, 0.2) is 24.3 Å². The largest absolute Gasteiger partial charge is 0.459 e. The predicted molar refractivity (Wildman–Crippen MR) is 90.9 cm³/mol. The first-order valence-electron chi connectivity index (χ1n) is 8.63. The van der Waals surface area contributed by atoms with Crippen LogP contribution in [0.4, 0.5) is 0 Å². The van der Waals surface area contributed by atoms with Gasteiger partial charge in [-0.3, -0.25) is 0 Å². The molecule has 0 spiro atoms. The van der Waals surface area contributed by atoms with Crippen molar-refractivity contribution in [3.63, 3.8) is 0 Å². The Morgan fingerprint density at radius 1 is 0.696 bits per heavy atom. The fourth-order valence-electron chi connectivity index (χ4n) is 2.69. The third-order valence-corrected chi connectivity index (χ3v) is 4.10. The van der Waals surface area contributed by atoms with E-state index in [4.69, 9.17) is 9.47 Å². The predicted octanol–water partition coefficient (Wildman–Crippen LogP) is 4.49. The maximum atomic E-state index is 11.1. The van der Waals surface area contributed by atoms with Crippen LogP contribution in [-0.2, 0) is 19.1 Å². The molecule has 0 aromatic rings. The average molecular weight is 322 g/mol. The second-order valence-electron chi connectivity index (χ2n) is 6.54. The smallest absolute Gasteiger partial charge is 0.333 e. The molecule has 0 aliphatic heterocycles. The van der Waals surface area contributed by atoms with Gasteiger partial charge in [0.2, 0.25) is 0 Å². The molecule has 130 valence electrons. The third kappa shape index (κ3) is 8.00. The fraction of sp³-hybridized carbons (Fsp3) is 0.684. The summed E-state index contributed by atoms with van der Waals surface area (Å²) in [4.78, 5) is 22.1. The van der Waals surface area contributed by atoms with E-state index in [1.165, 1.54) is 32.1 Å². The molecule has 0 bridgehead atoms. The zero-order valence-corrected chi connectivity index (χ0v) is 14.6. The number of rotatable bonds is 4. The summed E-state index contributed by atoms with van der Waals surface area (Å²) in [5.41, 5.74) is 0.998. The lowest BCUT2D eigenvalue weighted by atomic mass is 9.98. The molecule has 2 fully saturated rings. The van der Waals surface area contributed by atoms with Crippen LogP contribution in [0, 0.1) is 0 Å². The molecular weight excluding hydrogens is 292 g/mol. The Labute approximate surface area is 139 Å². The number of carbonyl (C=O) groups is 2. The number of hydrogen-bond acceptors (Lipinski definition) is 4. The SMILES string of the molecule is C=C(C)C(=O)OC1CCCC1.C=C(C)C(=O)OC1CCCCC1. The Hall–Kier alpha value is -1.58. The van der Waals surface area contributed by atoms with Gasteiger partial charge in [-0.1, -0.05) is 19.6 Å². The molecule has 0 aromatic heterocycles. The summed E-state index contributed by atoms with van der Waals surface area (Å²) in [7, 11) is 0. The molecule has 0 amide bonds. The van der Waals surface area contributed by atoms with Gasteiger partial charge >= 0.3 is 11.9 Å². The molecule has 0 aromatic carbocycles. The van der Waals surface area contributed by atoms with Gasteiger partial charge in [0, 0.05) is 11.1 Å². The van der Waals surface area contributed by atoms with Crippen LogP contribution in [-0.4, -0.2) is 24.1 Å². The quantitative estimate of drug-likeness (QED) is 0.565. The Bertz CT molecular complexity index is 427. The lowest BCUT2D eigenvalue weighted by Gasteiger charge is -2.21. The maximum Gasteiger partial charge on any atom is 0.333 e. The minimum atomic E-state index is -0.239. The van der Waals surface area contributed by atoms with Crippen LogP contribution in [0.2, 0.25) is 0 Å². The Morgan fingerprint density at radius 2 is 1.00 bits per heavy atom. The molecule has 4 heteroatoms. The van der Waals surface area contributed by atoms with Gasteiger partial charge in [0.15, 0.2) is 0 Å². The Morgan fingerprint density at radius 3 is 1.30 bits per heavy atom. The highest BCUT2D eigenvalue weighted by atomic mass is 16.5. The van der Waals surface area contributed by atoms with E-state index < -0.39 is 0 Å². The molecule has 0 unspecified atom stereocenters. The summed E-state index contributed by atoms with van der Waals surface area (Å²) in [5.74, 6) is -0.473. The highest BCUT2D eigenvalue weighted by molar-refractivity contribution is 5.87. The zero-order valence-electron chi connectivity index (χ0n) is 14.6. The Kier molecular flexibility index (Phi) is 8.67. The van der Waals surface area contributed by atoms with Crippen molar-refractivity contribution in [2.45, 2.75) is 83.8 Å². The molecule has 0 radical (unpaired) electrons. The summed E-state index contributed by atoms with van der Waals surface area (Å²) in [6.45, 7) is 10.4. The first kappa shape index (κ1) is 19.5. The van der Waals surface area contributed by atoms with Crippen molar-refractivity contribution in [3.8, 4) is 0 Å². The molecule has 2 rings (SSSR count). The van der Waals surface area contributed by atoms with Crippen LogP contribution in [0.5, 0.6) is 0 Å². The molecule has 0 heterocycles. The van der Waals surface area contributed by atoms with E-state index in [1.807, 2.05) is 0 Å². The maximum absolute atomic E-state index is 11.1. The van der Waals surface area contributed by atoms with Crippen molar-refractivity contribution in [3.05, 3.63) is 24.3 Å². The van der Waals surface area contributed by atoms with Gasteiger partial charge < -0.3 is 9.47 Å². The summed E-state index contributed by atoms with van der Waals surface area (Å²) in [6.07, 6.45) is 10.5. The van der Waals surface area contributed by atoms with Gasteiger partial charge in [-0.05, 0) is 65.2 Å². The monoisotopic (exact) mass is 322 g/mol. The number of ether oxygens (including phenoxy) is 2. The molecule has 23 heavy (non-hydrogen) atoms. The van der Waals surface area contributed by atoms with Crippen molar-refractivity contribution < 1.29 is 19.1 Å². The Balaban J connectivity index is 0.000000231. The van der Waals surface area contributed by atoms with E-state index >= 15 is 0 Å². The standard InChI is InChI=1S/C10H16O2.C9H14O2/c1-8(2)10(11)12-9-6-4-3-5-7-9;1-7(2)9(10)11-8-5-3-4-6-8/h9H,1,3-7H2,2H3;8H,1,3-6H2,2H3. The molecule has 0 saturated heterocycles. The van der Waals surface area contributed by atoms with Gasteiger partial charge in [0.05, 0.1) is 0 Å². The second kappa shape index (κ2) is 10.2. The second-order valence-corrected chi connectivity index (χ2v) is 6.54. The van der Waals surface area contributed by atoms with E-state index in [0.29, 0.717) is 11.1 Å². The van der Waals surface area contributed by atoms with E-state index in [0.717, 1.165) is 25.7 Å². The molecule has 2 saturated carbocycles. The molecule has 4 nitrogen and oxygen atoms in total. The van der Waals surface area contributed by atoms with E-state index in [2.05, 4.69) is 13.2 Å². The van der Waals surface area contributed by atoms with Crippen LogP contribution in [0.1, 0.15) is 71.6 Å². The minimum absolute atomic E-state index is 0.156. The van der Waals surface area contributed by atoms with Crippen LogP contribution in [0.3, 0.4) is 0 Å². The van der Waals surface area contributed by atoms with Crippen LogP contribution < -0.4 is 0 Å². The highest BCUT2D eigenvalue weighted by Crippen LogP contribution is 2.22. The number of hydrogen-bond donors (Lipinski definition) is 0. The fourth-order valence-corrected chi connectivity index (χ4v) is 2.69.